The Labute approximate surface area is 127 Å². The molecule has 1 unspecified atom stereocenters. The van der Waals surface area contributed by atoms with Crippen LogP contribution in [0.2, 0.25) is 0 Å². The highest BCUT2D eigenvalue weighted by molar-refractivity contribution is 9.10. The van der Waals surface area contributed by atoms with Crippen molar-refractivity contribution in [3.8, 4) is 0 Å². The van der Waals surface area contributed by atoms with Gasteiger partial charge in [-0.1, -0.05) is 22.0 Å². The van der Waals surface area contributed by atoms with Gasteiger partial charge in [0.15, 0.2) is 0 Å². The van der Waals surface area contributed by atoms with Crippen molar-refractivity contribution in [3.05, 3.63) is 58.8 Å². The fraction of sp³-hybridized carbons (Fsp3) is 0.267. The first-order chi connectivity index (χ1) is 9.28. The molecule has 0 fully saturated rings. The minimum Gasteiger partial charge on any atom is -0.316 e. The number of rotatable bonds is 6. The second-order valence-corrected chi connectivity index (χ2v) is 6.32. The lowest BCUT2D eigenvalue weighted by Gasteiger charge is -2.15. The number of hydrogen-bond acceptors (Lipinski definition) is 3. The molecule has 1 atom stereocenters. The smallest absolute Gasteiger partial charge is 0.0270 e. The molecule has 1 N–H and O–H groups in total. The topological polar surface area (TPSA) is 24.9 Å². The van der Waals surface area contributed by atoms with Gasteiger partial charge in [-0.05, 0) is 49.4 Å². The number of thioether (sulfide) groups is 1. The van der Waals surface area contributed by atoms with E-state index in [2.05, 4.69) is 62.6 Å². The van der Waals surface area contributed by atoms with Crippen molar-refractivity contribution in [3.63, 3.8) is 0 Å². The molecule has 0 spiro atoms. The SMILES string of the molecule is CNC(CSc1cccc(Br)c1)Cc1ccncc1. The zero-order valence-corrected chi connectivity index (χ0v) is 13.2. The summed E-state index contributed by atoms with van der Waals surface area (Å²) in [5, 5.41) is 3.38. The van der Waals surface area contributed by atoms with E-state index in [-0.39, 0.29) is 0 Å². The molecule has 2 rings (SSSR count). The molecule has 1 aromatic heterocycles. The third-order valence-electron chi connectivity index (χ3n) is 2.89. The van der Waals surface area contributed by atoms with E-state index >= 15 is 0 Å². The zero-order valence-electron chi connectivity index (χ0n) is 10.8. The maximum Gasteiger partial charge on any atom is 0.0270 e. The van der Waals surface area contributed by atoms with Crippen LogP contribution in [0.4, 0.5) is 0 Å². The molecular weight excluding hydrogens is 320 g/mol. The summed E-state index contributed by atoms with van der Waals surface area (Å²) in [5.41, 5.74) is 1.32. The van der Waals surface area contributed by atoms with Crippen LogP contribution < -0.4 is 5.32 Å². The molecule has 0 bridgehead atoms. The third kappa shape index (κ3) is 4.97. The molecule has 4 heteroatoms. The lowest BCUT2D eigenvalue weighted by Crippen LogP contribution is -2.30. The molecule has 1 heterocycles. The summed E-state index contributed by atoms with van der Waals surface area (Å²) in [6, 6.07) is 13.0. The summed E-state index contributed by atoms with van der Waals surface area (Å²) in [4.78, 5) is 5.35. The molecule has 0 aliphatic rings. The van der Waals surface area contributed by atoms with Gasteiger partial charge in [0.1, 0.15) is 0 Å². The first kappa shape index (κ1) is 14.6. The molecule has 0 aliphatic heterocycles. The molecule has 0 aliphatic carbocycles. The van der Waals surface area contributed by atoms with Crippen LogP contribution in [0.1, 0.15) is 5.56 Å². The maximum absolute atomic E-state index is 4.05. The quantitative estimate of drug-likeness (QED) is 0.813. The molecule has 2 aromatic rings. The van der Waals surface area contributed by atoms with Crippen LogP contribution in [0.5, 0.6) is 0 Å². The summed E-state index contributed by atoms with van der Waals surface area (Å²) in [5.74, 6) is 1.05. The fourth-order valence-electron chi connectivity index (χ4n) is 1.80. The summed E-state index contributed by atoms with van der Waals surface area (Å²) in [6.45, 7) is 0. The summed E-state index contributed by atoms with van der Waals surface area (Å²) in [7, 11) is 2.02. The second kappa shape index (κ2) is 7.68. The van der Waals surface area contributed by atoms with Crippen LogP contribution in [-0.4, -0.2) is 23.8 Å². The Bertz CT molecular complexity index is 505. The number of pyridine rings is 1. The largest absolute Gasteiger partial charge is 0.316 e. The van der Waals surface area contributed by atoms with Gasteiger partial charge in [0.2, 0.25) is 0 Å². The number of halogens is 1. The molecule has 100 valence electrons. The summed E-state index contributed by atoms with van der Waals surface area (Å²) < 4.78 is 1.13. The molecule has 0 radical (unpaired) electrons. The van der Waals surface area contributed by atoms with Gasteiger partial charge < -0.3 is 5.32 Å². The Kier molecular flexibility index (Phi) is 5.89. The second-order valence-electron chi connectivity index (χ2n) is 4.31. The first-order valence-electron chi connectivity index (χ1n) is 6.22. The highest BCUT2D eigenvalue weighted by Crippen LogP contribution is 2.23. The predicted molar refractivity (Wildman–Crippen MR) is 85.7 cm³/mol. The Hall–Kier alpha value is -0.840. The standard InChI is InChI=1S/C15H17BrN2S/c1-17-14(9-12-5-7-18-8-6-12)11-19-15-4-2-3-13(16)10-15/h2-8,10,14,17H,9,11H2,1H3. The Morgan fingerprint density at radius 1 is 1.26 bits per heavy atom. The summed E-state index contributed by atoms with van der Waals surface area (Å²) >= 11 is 5.38. The highest BCUT2D eigenvalue weighted by Gasteiger charge is 2.08. The molecular formula is C15H17BrN2S. The number of hydrogen-bond donors (Lipinski definition) is 1. The fourth-order valence-corrected chi connectivity index (χ4v) is 3.42. The van der Waals surface area contributed by atoms with Crippen molar-refractivity contribution in [1.82, 2.24) is 10.3 Å². The van der Waals surface area contributed by atoms with E-state index < -0.39 is 0 Å². The minimum atomic E-state index is 0.464. The van der Waals surface area contributed by atoms with Crippen LogP contribution in [0.3, 0.4) is 0 Å². The van der Waals surface area contributed by atoms with E-state index in [0.29, 0.717) is 6.04 Å². The molecule has 0 amide bonds. The van der Waals surface area contributed by atoms with Crippen molar-refractivity contribution in [2.24, 2.45) is 0 Å². The third-order valence-corrected chi connectivity index (χ3v) is 4.54. The number of nitrogens with zero attached hydrogens (tertiary/aromatic N) is 1. The number of benzene rings is 1. The van der Waals surface area contributed by atoms with Gasteiger partial charge in [0.05, 0.1) is 0 Å². The van der Waals surface area contributed by atoms with Crippen LogP contribution >= 0.6 is 27.7 Å². The molecule has 19 heavy (non-hydrogen) atoms. The van der Waals surface area contributed by atoms with Gasteiger partial charge in [-0.2, -0.15) is 0 Å². The Morgan fingerprint density at radius 3 is 2.74 bits per heavy atom. The van der Waals surface area contributed by atoms with Crippen LogP contribution in [0, 0.1) is 0 Å². The van der Waals surface area contributed by atoms with Crippen LogP contribution in [0.25, 0.3) is 0 Å². The van der Waals surface area contributed by atoms with Crippen molar-refractivity contribution >= 4 is 27.7 Å². The van der Waals surface area contributed by atoms with Gasteiger partial charge in [0.25, 0.3) is 0 Å². The van der Waals surface area contributed by atoms with E-state index in [0.717, 1.165) is 16.6 Å². The normalized spacial score (nSPS) is 12.3. The van der Waals surface area contributed by atoms with Crippen LogP contribution in [0.15, 0.2) is 58.2 Å². The lowest BCUT2D eigenvalue weighted by molar-refractivity contribution is 0.617. The van der Waals surface area contributed by atoms with E-state index in [4.69, 9.17) is 0 Å². The minimum absolute atomic E-state index is 0.464. The Morgan fingerprint density at radius 2 is 2.05 bits per heavy atom. The molecule has 0 saturated carbocycles. The van der Waals surface area contributed by atoms with Crippen molar-refractivity contribution in [2.75, 3.05) is 12.8 Å². The molecule has 1 aromatic carbocycles. The van der Waals surface area contributed by atoms with E-state index in [1.165, 1.54) is 10.5 Å². The first-order valence-corrected chi connectivity index (χ1v) is 8.00. The highest BCUT2D eigenvalue weighted by atomic mass is 79.9. The van der Waals surface area contributed by atoms with Gasteiger partial charge in [-0.3, -0.25) is 4.98 Å². The van der Waals surface area contributed by atoms with Crippen molar-refractivity contribution in [2.45, 2.75) is 17.4 Å². The van der Waals surface area contributed by atoms with Gasteiger partial charge in [0, 0.05) is 33.6 Å². The molecule has 0 saturated heterocycles. The van der Waals surface area contributed by atoms with Gasteiger partial charge >= 0.3 is 0 Å². The average molecular weight is 337 g/mol. The number of likely N-dealkylation sites (N-methyl/N-ethyl adjacent to an activating group) is 1. The van der Waals surface area contributed by atoms with Gasteiger partial charge in [-0.15, -0.1) is 11.8 Å². The summed E-state index contributed by atoms with van der Waals surface area (Å²) in [6.07, 6.45) is 4.73. The van der Waals surface area contributed by atoms with Crippen LogP contribution in [-0.2, 0) is 6.42 Å². The number of aromatic nitrogens is 1. The maximum atomic E-state index is 4.05. The molecule has 2 nitrogen and oxygen atoms in total. The van der Waals surface area contributed by atoms with Crippen molar-refractivity contribution in [1.29, 1.82) is 0 Å². The van der Waals surface area contributed by atoms with E-state index in [9.17, 15) is 0 Å². The van der Waals surface area contributed by atoms with Gasteiger partial charge in [-0.25, -0.2) is 0 Å². The predicted octanol–water partition coefficient (Wildman–Crippen LogP) is 3.77. The monoisotopic (exact) mass is 336 g/mol. The van der Waals surface area contributed by atoms with E-state index in [1.54, 1.807) is 0 Å². The average Bonchev–Trinajstić information content (AvgIpc) is 2.44. The van der Waals surface area contributed by atoms with Crippen molar-refractivity contribution < 1.29 is 0 Å². The lowest BCUT2D eigenvalue weighted by atomic mass is 10.1. The van der Waals surface area contributed by atoms with E-state index in [1.807, 2.05) is 31.2 Å². The Balaban J connectivity index is 1.89. The zero-order chi connectivity index (χ0) is 13.5. The number of nitrogens with one attached hydrogen (secondary N) is 1.